The molecule has 1 saturated heterocycles. The standard InChI is InChI=1S/C25H20Cl3FN2O/c26-16-6-8-22-18(14-16)25(9-11-30-12-10-25)23(15-5-7-19(27)20(28)13-15)31(22)24(32)17-3-1-2-4-21(17)29/h1-8,13-14,23,30H,9-12H2/t23-/m1/s1. The predicted molar refractivity (Wildman–Crippen MR) is 128 cm³/mol. The zero-order valence-electron chi connectivity index (χ0n) is 17.0. The number of carbonyl (C=O) groups excluding carboxylic acids is 1. The zero-order valence-corrected chi connectivity index (χ0v) is 19.3. The van der Waals surface area contributed by atoms with Crippen molar-refractivity contribution in [1.82, 2.24) is 5.32 Å². The fourth-order valence-electron chi connectivity index (χ4n) is 5.21. The minimum atomic E-state index is -0.549. The summed E-state index contributed by atoms with van der Waals surface area (Å²) in [5.74, 6) is -0.940. The van der Waals surface area contributed by atoms with Gasteiger partial charge in [0.05, 0.1) is 21.7 Å². The number of fused-ring (bicyclic) bond motifs is 2. The first-order chi connectivity index (χ1) is 15.4. The van der Waals surface area contributed by atoms with Crippen LogP contribution < -0.4 is 10.2 Å². The summed E-state index contributed by atoms with van der Waals surface area (Å²) in [5.41, 5.74) is 2.26. The third-order valence-corrected chi connectivity index (χ3v) is 7.59. The highest BCUT2D eigenvalue weighted by atomic mass is 35.5. The molecular formula is C25H20Cl3FN2O. The second-order valence-corrected chi connectivity index (χ2v) is 9.55. The summed E-state index contributed by atoms with van der Waals surface area (Å²) in [5, 5.41) is 4.88. The lowest BCUT2D eigenvalue weighted by atomic mass is 9.68. The maximum atomic E-state index is 14.7. The molecule has 0 aliphatic carbocycles. The summed E-state index contributed by atoms with van der Waals surface area (Å²) in [4.78, 5) is 15.6. The SMILES string of the molecule is O=C(c1ccccc1F)N1c2ccc(Cl)cc2C2(CCNCC2)[C@H]1c1ccc(Cl)c(Cl)c1. The molecule has 0 unspecified atom stereocenters. The predicted octanol–water partition coefficient (Wildman–Crippen LogP) is 6.81. The fraction of sp³-hybridized carbons (Fsp3) is 0.240. The van der Waals surface area contributed by atoms with Crippen molar-refractivity contribution in [2.24, 2.45) is 0 Å². The van der Waals surface area contributed by atoms with Crippen molar-refractivity contribution >= 4 is 46.4 Å². The van der Waals surface area contributed by atoms with Crippen LogP contribution in [0.2, 0.25) is 15.1 Å². The Morgan fingerprint density at radius 2 is 1.72 bits per heavy atom. The Bertz CT molecular complexity index is 1210. The molecule has 1 fully saturated rings. The smallest absolute Gasteiger partial charge is 0.261 e. The van der Waals surface area contributed by atoms with Crippen LogP contribution in [0.3, 0.4) is 0 Å². The van der Waals surface area contributed by atoms with E-state index in [1.165, 1.54) is 12.1 Å². The molecule has 32 heavy (non-hydrogen) atoms. The molecule has 1 N–H and O–H groups in total. The third kappa shape index (κ3) is 3.41. The molecule has 2 heterocycles. The van der Waals surface area contributed by atoms with E-state index in [1.807, 2.05) is 24.3 Å². The van der Waals surface area contributed by atoms with Gasteiger partial charge in [-0.25, -0.2) is 4.39 Å². The van der Waals surface area contributed by atoms with Crippen LogP contribution in [0.25, 0.3) is 0 Å². The van der Waals surface area contributed by atoms with Gasteiger partial charge in [-0.05, 0) is 79.5 Å². The highest BCUT2D eigenvalue weighted by molar-refractivity contribution is 6.42. The number of nitrogens with one attached hydrogen (secondary N) is 1. The zero-order chi connectivity index (χ0) is 22.5. The molecule has 2 aliphatic heterocycles. The molecule has 0 radical (unpaired) electrons. The van der Waals surface area contributed by atoms with Gasteiger partial charge in [0, 0.05) is 16.1 Å². The van der Waals surface area contributed by atoms with E-state index in [0.717, 1.165) is 42.7 Å². The van der Waals surface area contributed by atoms with Gasteiger partial charge in [-0.15, -0.1) is 0 Å². The van der Waals surface area contributed by atoms with Gasteiger partial charge < -0.3 is 5.32 Å². The highest BCUT2D eigenvalue weighted by Gasteiger charge is 2.54. The molecule has 0 saturated carbocycles. The number of piperidine rings is 1. The Balaban J connectivity index is 1.76. The van der Waals surface area contributed by atoms with Crippen molar-refractivity contribution in [3.05, 3.63) is 98.2 Å². The molecule has 3 nitrogen and oxygen atoms in total. The average Bonchev–Trinajstić information content (AvgIpc) is 3.05. The molecular weight excluding hydrogens is 470 g/mol. The van der Waals surface area contributed by atoms with Crippen molar-refractivity contribution in [3.8, 4) is 0 Å². The molecule has 3 aromatic rings. The van der Waals surface area contributed by atoms with Gasteiger partial charge in [0.15, 0.2) is 0 Å². The average molecular weight is 490 g/mol. The summed E-state index contributed by atoms with van der Waals surface area (Å²) in [6, 6.07) is 16.7. The van der Waals surface area contributed by atoms with E-state index in [4.69, 9.17) is 34.8 Å². The number of anilines is 1. The minimum absolute atomic E-state index is 0.0319. The number of carbonyl (C=O) groups is 1. The van der Waals surface area contributed by atoms with Gasteiger partial charge >= 0.3 is 0 Å². The quantitative estimate of drug-likeness (QED) is 0.429. The lowest BCUT2D eigenvalue weighted by molar-refractivity contribution is 0.0959. The number of hydrogen-bond acceptors (Lipinski definition) is 2. The van der Waals surface area contributed by atoms with Crippen LogP contribution >= 0.6 is 34.8 Å². The Hall–Kier alpha value is -2.11. The third-order valence-electron chi connectivity index (χ3n) is 6.61. The van der Waals surface area contributed by atoms with Crippen LogP contribution in [0, 0.1) is 5.82 Å². The Labute approximate surface area is 201 Å². The van der Waals surface area contributed by atoms with Crippen molar-refractivity contribution in [3.63, 3.8) is 0 Å². The van der Waals surface area contributed by atoms with Gasteiger partial charge in [0.2, 0.25) is 0 Å². The second kappa shape index (κ2) is 8.35. The summed E-state index contributed by atoms with van der Waals surface area (Å²) >= 11 is 19.0. The van der Waals surface area contributed by atoms with Crippen LogP contribution in [0.15, 0.2) is 60.7 Å². The molecule has 0 aromatic heterocycles. The first-order valence-corrected chi connectivity index (χ1v) is 11.6. The molecule has 1 amide bonds. The molecule has 1 spiro atoms. The Morgan fingerprint density at radius 3 is 2.44 bits per heavy atom. The van der Waals surface area contributed by atoms with Crippen molar-refractivity contribution in [1.29, 1.82) is 0 Å². The number of amides is 1. The van der Waals surface area contributed by atoms with Gasteiger partial charge in [-0.3, -0.25) is 9.69 Å². The number of rotatable bonds is 2. The first-order valence-electron chi connectivity index (χ1n) is 10.5. The second-order valence-electron chi connectivity index (χ2n) is 8.30. The number of benzene rings is 3. The van der Waals surface area contributed by atoms with Crippen LogP contribution in [-0.4, -0.2) is 19.0 Å². The highest BCUT2D eigenvalue weighted by Crippen LogP contribution is 2.58. The van der Waals surface area contributed by atoms with Gasteiger partial charge in [0.25, 0.3) is 5.91 Å². The lowest BCUT2D eigenvalue weighted by Crippen LogP contribution is -2.46. The largest absolute Gasteiger partial charge is 0.317 e. The van der Waals surface area contributed by atoms with Gasteiger partial charge in [-0.1, -0.05) is 53.0 Å². The maximum Gasteiger partial charge on any atom is 0.261 e. The van der Waals surface area contributed by atoms with E-state index in [0.29, 0.717) is 15.1 Å². The summed E-state index contributed by atoms with van der Waals surface area (Å²) in [6.07, 6.45) is 1.60. The Kier molecular flexibility index (Phi) is 5.67. The first kappa shape index (κ1) is 21.7. The van der Waals surface area contributed by atoms with Crippen molar-refractivity contribution in [2.45, 2.75) is 24.3 Å². The minimum Gasteiger partial charge on any atom is -0.317 e. The van der Waals surface area contributed by atoms with Crippen molar-refractivity contribution < 1.29 is 9.18 Å². The van der Waals surface area contributed by atoms with Crippen LogP contribution in [0.5, 0.6) is 0 Å². The van der Waals surface area contributed by atoms with Crippen molar-refractivity contribution in [2.75, 3.05) is 18.0 Å². The molecule has 5 rings (SSSR count). The molecule has 3 aromatic carbocycles. The summed E-state index contributed by atoms with van der Waals surface area (Å²) < 4.78 is 14.7. The topological polar surface area (TPSA) is 32.3 Å². The molecule has 0 bridgehead atoms. The van der Waals surface area contributed by atoms with Gasteiger partial charge in [-0.2, -0.15) is 0 Å². The van der Waals surface area contributed by atoms with E-state index in [1.54, 1.807) is 29.2 Å². The molecule has 164 valence electrons. The molecule has 1 atom stereocenters. The monoisotopic (exact) mass is 488 g/mol. The lowest BCUT2D eigenvalue weighted by Gasteiger charge is -2.42. The van der Waals surface area contributed by atoms with E-state index in [-0.39, 0.29) is 17.0 Å². The van der Waals surface area contributed by atoms with Crippen LogP contribution in [0.1, 0.15) is 40.4 Å². The van der Waals surface area contributed by atoms with E-state index in [9.17, 15) is 9.18 Å². The Morgan fingerprint density at radius 1 is 0.969 bits per heavy atom. The molecule has 2 aliphatic rings. The number of nitrogens with zero attached hydrogens (tertiary/aromatic N) is 1. The maximum absolute atomic E-state index is 14.7. The fourth-order valence-corrected chi connectivity index (χ4v) is 5.69. The normalized spacial score (nSPS) is 19.2. The van der Waals surface area contributed by atoms with Gasteiger partial charge in [0.1, 0.15) is 5.82 Å². The van der Waals surface area contributed by atoms with Crippen LogP contribution in [-0.2, 0) is 5.41 Å². The summed E-state index contributed by atoms with van der Waals surface area (Å²) in [7, 11) is 0. The van der Waals surface area contributed by atoms with Crippen LogP contribution in [0.4, 0.5) is 10.1 Å². The summed E-state index contributed by atoms with van der Waals surface area (Å²) in [6.45, 7) is 1.59. The number of halogens is 4. The molecule has 7 heteroatoms. The van der Waals surface area contributed by atoms with E-state index >= 15 is 0 Å². The van der Waals surface area contributed by atoms with E-state index in [2.05, 4.69) is 5.32 Å². The van der Waals surface area contributed by atoms with E-state index < -0.39 is 11.7 Å². The number of hydrogen-bond donors (Lipinski definition) is 1.